The first kappa shape index (κ1) is 21.9. The van der Waals surface area contributed by atoms with Crippen LogP contribution in [0.2, 0.25) is 0 Å². The molecule has 0 saturated heterocycles. The molecule has 0 aromatic heterocycles. The van der Waals surface area contributed by atoms with Crippen LogP contribution in [0.4, 0.5) is 5.69 Å². The predicted molar refractivity (Wildman–Crippen MR) is 107 cm³/mol. The summed E-state index contributed by atoms with van der Waals surface area (Å²) in [6.07, 6.45) is 0.0335. The van der Waals surface area contributed by atoms with Crippen molar-refractivity contribution in [3.8, 4) is 23.0 Å². The first-order valence-corrected chi connectivity index (χ1v) is 8.92. The van der Waals surface area contributed by atoms with Gasteiger partial charge in [0, 0.05) is 17.8 Å². The van der Waals surface area contributed by atoms with Gasteiger partial charge in [0.2, 0.25) is 5.75 Å². The summed E-state index contributed by atoms with van der Waals surface area (Å²) in [7, 11) is 4.44. The number of methoxy groups -OCH3 is 3. The van der Waals surface area contributed by atoms with Crippen molar-refractivity contribution < 1.29 is 33.3 Å². The van der Waals surface area contributed by atoms with E-state index in [1.807, 2.05) is 31.2 Å². The highest BCUT2D eigenvalue weighted by Crippen LogP contribution is 2.39. The zero-order chi connectivity index (χ0) is 21.2. The quantitative estimate of drug-likeness (QED) is 0.610. The summed E-state index contributed by atoms with van der Waals surface area (Å²) in [5.41, 5.74) is 1.40. The third kappa shape index (κ3) is 6.31. The van der Waals surface area contributed by atoms with Gasteiger partial charge in [0.1, 0.15) is 5.75 Å². The van der Waals surface area contributed by atoms with Gasteiger partial charge in [0.15, 0.2) is 18.1 Å². The molecule has 8 heteroatoms. The van der Waals surface area contributed by atoms with Crippen molar-refractivity contribution in [1.82, 2.24) is 0 Å². The molecule has 2 aromatic rings. The molecule has 0 aliphatic carbocycles. The molecule has 156 valence electrons. The maximum Gasteiger partial charge on any atom is 0.309 e. The second kappa shape index (κ2) is 10.8. The van der Waals surface area contributed by atoms with Crippen molar-refractivity contribution in [2.45, 2.75) is 13.3 Å². The molecule has 0 saturated carbocycles. The number of anilines is 1. The lowest BCUT2D eigenvalue weighted by molar-refractivity contribution is -0.147. The lowest BCUT2D eigenvalue weighted by Gasteiger charge is -2.14. The lowest BCUT2D eigenvalue weighted by atomic mass is 10.2. The second-order valence-electron chi connectivity index (χ2n) is 5.99. The summed E-state index contributed by atoms with van der Waals surface area (Å²) in [6.45, 7) is 1.67. The van der Waals surface area contributed by atoms with Crippen LogP contribution < -0.4 is 24.3 Å². The van der Waals surface area contributed by atoms with E-state index in [-0.39, 0.29) is 13.0 Å². The van der Waals surface area contributed by atoms with E-state index >= 15 is 0 Å². The highest BCUT2D eigenvalue weighted by molar-refractivity contribution is 5.93. The molecular formula is C21H25NO7. The molecule has 8 nitrogen and oxygen atoms in total. The van der Waals surface area contributed by atoms with Crippen molar-refractivity contribution in [3.05, 3.63) is 42.0 Å². The number of hydrogen-bond donors (Lipinski definition) is 1. The normalized spacial score (nSPS) is 10.1. The average Bonchev–Trinajstić information content (AvgIpc) is 2.72. The van der Waals surface area contributed by atoms with Gasteiger partial charge in [-0.25, -0.2) is 0 Å². The SMILES string of the molecule is COc1cc(NC(=O)COC(=O)CCOc2ccccc2C)cc(OC)c1OC. The summed E-state index contributed by atoms with van der Waals surface area (Å²) >= 11 is 0. The smallest absolute Gasteiger partial charge is 0.309 e. The molecule has 0 unspecified atom stereocenters. The van der Waals surface area contributed by atoms with Gasteiger partial charge < -0.3 is 29.0 Å². The third-order valence-electron chi connectivity index (χ3n) is 3.97. The summed E-state index contributed by atoms with van der Waals surface area (Å²) in [5, 5.41) is 2.62. The molecule has 0 aliphatic rings. The van der Waals surface area contributed by atoms with Gasteiger partial charge in [-0.2, -0.15) is 0 Å². The summed E-state index contributed by atoms with van der Waals surface area (Å²) < 4.78 is 26.2. The Labute approximate surface area is 169 Å². The number of para-hydroxylation sites is 1. The summed E-state index contributed by atoms with van der Waals surface area (Å²) in [4.78, 5) is 23.9. The van der Waals surface area contributed by atoms with Crippen LogP contribution in [0.15, 0.2) is 36.4 Å². The number of nitrogens with one attached hydrogen (secondary N) is 1. The van der Waals surface area contributed by atoms with E-state index in [0.717, 1.165) is 5.56 Å². The van der Waals surface area contributed by atoms with Crippen LogP contribution in [-0.4, -0.2) is 46.4 Å². The minimum atomic E-state index is -0.529. The van der Waals surface area contributed by atoms with Gasteiger partial charge in [-0.15, -0.1) is 0 Å². The number of carbonyl (C=O) groups excluding carboxylic acids is 2. The van der Waals surface area contributed by atoms with E-state index < -0.39 is 18.5 Å². The zero-order valence-corrected chi connectivity index (χ0v) is 16.9. The number of amides is 1. The minimum absolute atomic E-state index is 0.0335. The van der Waals surface area contributed by atoms with Gasteiger partial charge in [-0.05, 0) is 18.6 Å². The molecule has 1 N–H and O–H groups in total. The minimum Gasteiger partial charge on any atom is -0.493 e. The first-order chi connectivity index (χ1) is 14.0. The molecule has 0 spiro atoms. The molecule has 0 radical (unpaired) electrons. The Hall–Kier alpha value is -3.42. The van der Waals surface area contributed by atoms with Gasteiger partial charge >= 0.3 is 5.97 Å². The monoisotopic (exact) mass is 403 g/mol. The van der Waals surface area contributed by atoms with Crippen molar-refractivity contribution in [2.24, 2.45) is 0 Å². The second-order valence-corrected chi connectivity index (χ2v) is 5.99. The fourth-order valence-corrected chi connectivity index (χ4v) is 2.53. The van der Waals surface area contributed by atoms with Crippen LogP contribution in [0, 0.1) is 6.92 Å². The lowest BCUT2D eigenvalue weighted by Crippen LogP contribution is -2.21. The highest BCUT2D eigenvalue weighted by atomic mass is 16.5. The number of carbonyl (C=O) groups is 2. The summed E-state index contributed by atoms with van der Waals surface area (Å²) in [6, 6.07) is 10.7. The molecule has 2 aromatic carbocycles. The van der Waals surface area contributed by atoms with Crippen molar-refractivity contribution >= 4 is 17.6 Å². The zero-order valence-electron chi connectivity index (χ0n) is 16.9. The largest absolute Gasteiger partial charge is 0.493 e. The van der Waals surface area contributed by atoms with Gasteiger partial charge in [-0.3, -0.25) is 9.59 Å². The first-order valence-electron chi connectivity index (χ1n) is 8.92. The molecule has 0 aliphatic heterocycles. The molecule has 29 heavy (non-hydrogen) atoms. The standard InChI is InChI=1S/C21H25NO7/c1-14-7-5-6-8-16(14)28-10-9-20(24)29-13-19(23)22-15-11-17(25-2)21(27-4)18(12-15)26-3/h5-8,11-12H,9-10,13H2,1-4H3,(H,22,23). The molecule has 0 heterocycles. The van der Waals surface area contributed by atoms with Crippen LogP contribution in [-0.2, 0) is 14.3 Å². The number of ether oxygens (including phenoxy) is 5. The van der Waals surface area contributed by atoms with E-state index in [0.29, 0.717) is 28.7 Å². The van der Waals surface area contributed by atoms with E-state index in [4.69, 9.17) is 23.7 Å². The number of rotatable bonds is 10. The van der Waals surface area contributed by atoms with Crippen LogP contribution >= 0.6 is 0 Å². The van der Waals surface area contributed by atoms with Gasteiger partial charge in [0.05, 0.1) is 34.4 Å². The highest BCUT2D eigenvalue weighted by Gasteiger charge is 2.15. The topological polar surface area (TPSA) is 92.3 Å². The fourth-order valence-electron chi connectivity index (χ4n) is 2.53. The Morgan fingerprint density at radius 3 is 2.17 bits per heavy atom. The Balaban J connectivity index is 1.82. The average molecular weight is 403 g/mol. The third-order valence-corrected chi connectivity index (χ3v) is 3.97. The maximum atomic E-state index is 12.1. The van der Waals surface area contributed by atoms with E-state index in [2.05, 4.69) is 5.32 Å². The van der Waals surface area contributed by atoms with E-state index in [1.165, 1.54) is 21.3 Å². The number of esters is 1. The summed E-state index contributed by atoms with van der Waals surface area (Å²) in [5.74, 6) is 0.889. The Morgan fingerprint density at radius 2 is 1.59 bits per heavy atom. The van der Waals surface area contributed by atoms with E-state index in [9.17, 15) is 9.59 Å². The molecule has 1 amide bonds. The number of hydrogen-bond acceptors (Lipinski definition) is 7. The Bertz CT molecular complexity index is 826. The molecule has 0 bridgehead atoms. The Kier molecular flexibility index (Phi) is 8.14. The maximum absolute atomic E-state index is 12.1. The molecular weight excluding hydrogens is 378 g/mol. The van der Waals surface area contributed by atoms with Gasteiger partial charge in [-0.1, -0.05) is 18.2 Å². The van der Waals surface area contributed by atoms with Crippen molar-refractivity contribution in [2.75, 3.05) is 39.9 Å². The van der Waals surface area contributed by atoms with E-state index in [1.54, 1.807) is 12.1 Å². The van der Waals surface area contributed by atoms with Crippen LogP contribution in [0.1, 0.15) is 12.0 Å². The van der Waals surface area contributed by atoms with Crippen molar-refractivity contribution in [3.63, 3.8) is 0 Å². The molecule has 0 atom stereocenters. The predicted octanol–water partition coefficient (Wildman–Crippen LogP) is 2.97. The molecule has 2 rings (SSSR count). The molecule has 0 fully saturated rings. The van der Waals surface area contributed by atoms with Crippen LogP contribution in [0.3, 0.4) is 0 Å². The van der Waals surface area contributed by atoms with Crippen LogP contribution in [0.5, 0.6) is 23.0 Å². The number of benzene rings is 2. The Morgan fingerprint density at radius 1 is 0.931 bits per heavy atom. The van der Waals surface area contributed by atoms with Crippen molar-refractivity contribution in [1.29, 1.82) is 0 Å². The van der Waals surface area contributed by atoms with Crippen LogP contribution in [0.25, 0.3) is 0 Å². The number of aryl methyl sites for hydroxylation is 1. The van der Waals surface area contributed by atoms with Gasteiger partial charge in [0.25, 0.3) is 5.91 Å². The fraction of sp³-hybridized carbons (Fsp3) is 0.333.